The third kappa shape index (κ3) is 6.03. The van der Waals surface area contributed by atoms with Gasteiger partial charge in [-0.15, -0.1) is 12.4 Å². The smallest absolute Gasteiger partial charge is 0.251 e. The number of hydrogen-bond acceptors (Lipinski definition) is 4. The topological polar surface area (TPSA) is 73.6 Å². The molecule has 0 radical (unpaired) electrons. The molecule has 0 atom stereocenters. The van der Waals surface area contributed by atoms with E-state index in [1.54, 1.807) is 25.3 Å². The van der Waals surface area contributed by atoms with Crippen molar-refractivity contribution < 1.29 is 14.3 Å². The average molecular weight is 425 g/mol. The molecule has 7 heteroatoms. The van der Waals surface area contributed by atoms with Crippen LogP contribution in [0.25, 0.3) is 0 Å². The Morgan fingerprint density at radius 3 is 2.43 bits per heavy atom. The van der Waals surface area contributed by atoms with Gasteiger partial charge in [0.1, 0.15) is 6.61 Å². The van der Waals surface area contributed by atoms with Crippen molar-refractivity contribution in [2.45, 2.75) is 44.4 Å². The molecule has 1 aliphatic rings. The minimum absolute atomic E-state index is 0. The first-order valence-corrected chi connectivity index (χ1v) is 9.54. The number of halogens is 2. The lowest BCUT2D eigenvalue weighted by molar-refractivity contribution is 0.0925. The number of nitrogens with one attached hydrogen (secondary N) is 1. The van der Waals surface area contributed by atoms with E-state index in [9.17, 15) is 4.79 Å². The number of benzene rings is 2. The molecule has 1 saturated carbocycles. The zero-order valence-corrected chi connectivity index (χ0v) is 17.4. The highest BCUT2D eigenvalue weighted by Gasteiger charge is 2.21. The van der Waals surface area contributed by atoms with Gasteiger partial charge in [0.05, 0.1) is 7.11 Å². The Bertz CT molecular complexity index is 776. The van der Waals surface area contributed by atoms with E-state index in [-0.39, 0.29) is 30.4 Å². The summed E-state index contributed by atoms with van der Waals surface area (Å²) in [6.45, 7) is 0.390. The molecule has 1 fully saturated rings. The highest BCUT2D eigenvalue weighted by molar-refractivity contribution is 6.30. The van der Waals surface area contributed by atoms with Gasteiger partial charge in [-0.05, 0) is 61.6 Å². The molecule has 28 heavy (non-hydrogen) atoms. The molecule has 0 unspecified atom stereocenters. The summed E-state index contributed by atoms with van der Waals surface area (Å²) in [5.74, 6) is 1.02. The minimum atomic E-state index is -0.0991. The van der Waals surface area contributed by atoms with Crippen molar-refractivity contribution in [2.24, 2.45) is 5.73 Å². The summed E-state index contributed by atoms with van der Waals surface area (Å²) in [4.78, 5) is 12.5. The molecule has 0 aromatic heterocycles. The molecule has 0 bridgehead atoms. The molecule has 1 aliphatic carbocycles. The molecule has 2 aromatic carbocycles. The largest absolute Gasteiger partial charge is 0.493 e. The predicted molar refractivity (Wildman–Crippen MR) is 114 cm³/mol. The van der Waals surface area contributed by atoms with Crippen LogP contribution in [0.1, 0.15) is 41.6 Å². The third-order valence-corrected chi connectivity index (χ3v) is 5.09. The number of hydrogen-bond donors (Lipinski definition) is 2. The summed E-state index contributed by atoms with van der Waals surface area (Å²) in [5, 5.41) is 3.77. The fourth-order valence-electron chi connectivity index (χ4n) is 3.20. The van der Waals surface area contributed by atoms with Gasteiger partial charge in [-0.2, -0.15) is 0 Å². The first kappa shape index (κ1) is 22.3. The summed E-state index contributed by atoms with van der Waals surface area (Å²) in [6.07, 6.45) is 3.75. The number of carbonyl (C=O) groups excluding carboxylic acids is 1. The van der Waals surface area contributed by atoms with Crippen molar-refractivity contribution in [1.29, 1.82) is 0 Å². The van der Waals surface area contributed by atoms with Crippen LogP contribution in [0.15, 0.2) is 42.5 Å². The van der Waals surface area contributed by atoms with Crippen LogP contribution in [-0.2, 0) is 6.61 Å². The highest BCUT2D eigenvalue weighted by atomic mass is 35.5. The number of ether oxygens (including phenoxy) is 2. The van der Waals surface area contributed by atoms with Gasteiger partial charge in [0.25, 0.3) is 5.91 Å². The Hall–Kier alpha value is -1.95. The summed E-state index contributed by atoms with van der Waals surface area (Å²) in [6, 6.07) is 13.1. The molecule has 2 aromatic rings. The van der Waals surface area contributed by atoms with Crippen LogP contribution in [-0.4, -0.2) is 25.1 Å². The fourth-order valence-corrected chi connectivity index (χ4v) is 3.33. The zero-order valence-electron chi connectivity index (χ0n) is 15.8. The second kappa shape index (κ2) is 10.6. The van der Waals surface area contributed by atoms with Crippen LogP contribution in [0.2, 0.25) is 5.02 Å². The molecule has 152 valence electrons. The van der Waals surface area contributed by atoms with E-state index in [2.05, 4.69) is 5.32 Å². The number of methoxy groups -OCH3 is 1. The number of rotatable bonds is 6. The van der Waals surface area contributed by atoms with Gasteiger partial charge in [0.15, 0.2) is 11.5 Å². The van der Waals surface area contributed by atoms with Crippen molar-refractivity contribution >= 4 is 29.9 Å². The van der Waals surface area contributed by atoms with Crippen LogP contribution in [0.3, 0.4) is 0 Å². The maximum atomic E-state index is 12.5. The van der Waals surface area contributed by atoms with Crippen LogP contribution in [0, 0.1) is 0 Å². The Morgan fingerprint density at radius 1 is 1.11 bits per heavy atom. The molecule has 0 heterocycles. The standard InChI is InChI=1S/C21H25ClN2O3.ClH/c1-26-20-12-15(21(25)24-18-9-7-17(23)8-10-18)4-11-19(20)27-13-14-2-5-16(22)6-3-14;/h2-6,11-12,17-18H,7-10,13,23H2,1H3,(H,24,25);1H. The summed E-state index contributed by atoms with van der Waals surface area (Å²) < 4.78 is 11.2. The van der Waals surface area contributed by atoms with Crippen LogP contribution in [0.5, 0.6) is 11.5 Å². The third-order valence-electron chi connectivity index (χ3n) is 4.84. The van der Waals surface area contributed by atoms with Gasteiger partial charge < -0.3 is 20.5 Å². The molecule has 0 saturated heterocycles. The number of amides is 1. The van der Waals surface area contributed by atoms with Gasteiger partial charge in [-0.25, -0.2) is 0 Å². The molecule has 0 spiro atoms. The van der Waals surface area contributed by atoms with Crippen molar-refractivity contribution in [1.82, 2.24) is 5.32 Å². The fraction of sp³-hybridized carbons (Fsp3) is 0.381. The normalized spacial score (nSPS) is 18.7. The molecule has 3 N–H and O–H groups in total. The van der Waals surface area contributed by atoms with Crippen LogP contribution < -0.4 is 20.5 Å². The number of carbonyl (C=O) groups is 1. The molecule has 1 amide bonds. The van der Waals surface area contributed by atoms with Crippen LogP contribution >= 0.6 is 24.0 Å². The van der Waals surface area contributed by atoms with Crippen molar-refractivity contribution in [2.75, 3.05) is 7.11 Å². The Labute approximate surface area is 177 Å². The van der Waals surface area contributed by atoms with Gasteiger partial charge in [0, 0.05) is 22.7 Å². The summed E-state index contributed by atoms with van der Waals surface area (Å²) in [7, 11) is 1.56. The highest BCUT2D eigenvalue weighted by Crippen LogP contribution is 2.29. The van der Waals surface area contributed by atoms with Gasteiger partial charge >= 0.3 is 0 Å². The number of nitrogens with two attached hydrogens (primary N) is 1. The van der Waals surface area contributed by atoms with Crippen molar-refractivity contribution in [3.63, 3.8) is 0 Å². The monoisotopic (exact) mass is 424 g/mol. The summed E-state index contributed by atoms with van der Waals surface area (Å²) in [5.41, 5.74) is 7.48. The molecular formula is C21H26Cl2N2O3. The van der Waals surface area contributed by atoms with Crippen LogP contribution in [0.4, 0.5) is 0 Å². The Morgan fingerprint density at radius 2 is 1.79 bits per heavy atom. The van der Waals surface area contributed by atoms with Gasteiger partial charge in [-0.3, -0.25) is 4.79 Å². The Balaban J connectivity index is 0.00000280. The molecule has 0 aliphatic heterocycles. The second-order valence-corrected chi connectivity index (χ2v) is 7.30. The lowest BCUT2D eigenvalue weighted by Gasteiger charge is -2.26. The van der Waals surface area contributed by atoms with Gasteiger partial charge in [-0.1, -0.05) is 23.7 Å². The lowest BCUT2D eigenvalue weighted by atomic mass is 9.91. The average Bonchev–Trinajstić information content (AvgIpc) is 2.69. The summed E-state index contributed by atoms with van der Waals surface area (Å²) >= 11 is 5.90. The van der Waals surface area contributed by atoms with Crippen molar-refractivity contribution in [3.05, 3.63) is 58.6 Å². The van der Waals surface area contributed by atoms with E-state index < -0.39 is 0 Å². The van der Waals surface area contributed by atoms with Crippen molar-refractivity contribution in [3.8, 4) is 11.5 Å². The SMILES string of the molecule is COc1cc(C(=O)NC2CCC(N)CC2)ccc1OCc1ccc(Cl)cc1.Cl. The van der Waals surface area contributed by atoms with E-state index in [1.165, 1.54) is 0 Å². The second-order valence-electron chi connectivity index (χ2n) is 6.87. The first-order valence-electron chi connectivity index (χ1n) is 9.17. The lowest BCUT2D eigenvalue weighted by Crippen LogP contribution is -2.40. The maximum Gasteiger partial charge on any atom is 0.251 e. The van der Waals surface area contributed by atoms with E-state index in [1.807, 2.05) is 24.3 Å². The zero-order chi connectivity index (χ0) is 19.2. The maximum absolute atomic E-state index is 12.5. The predicted octanol–water partition coefficient (Wildman–Crippen LogP) is 4.35. The van der Waals surface area contributed by atoms with E-state index >= 15 is 0 Å². The minimum Gasteiger partial charge on any atom is -0.493 e. The van der Waals surface area contributed by atoms with E-state index in [4.69, 9.17) is 26.8 Å². The molecule has 5 nitrogen and oxygen atoms in total. The quantitative estimate of drug-likeness (QED) is 0.722. The Kier molecular flexibility index (Phi) is 8.42. The van der Waals surface area contributed by atoms with E-state index in [0.29, 0.717) is 28.7 Å². The molecule has 3 rings (SSSR count). The van der Waals surface area contributed by atoms with E-state index in [0.717, 1.165) is 31.2 Å². The molecular weight excluding hydrogens is 399 g/mol. The first-order chi connectivity index (χ1) is 13.0. The van der Waals surface area contributed by atoms with Gasteiger partial charge in [0.2, 0.25) is 0 Å².